The average Bonchev–Trinajstić information content (AvgIpc) is 2.74. The lowest BCUT2D eigenvalue weighted by atomic mass is 9.93. The van der Waals surface area contributed by atoms with Crippen LogP contribution in [0.5, 0.6) is 0 Å². The molecule has 1 aliphatic rings. The number of benzene rings is 2. The Morgan fingerprint density at radius 1 is 1.17 bits per heavy atom. The predicted molar refractivity (Wildman–Crippen MR) is 111 cm³/mol. The summed E-state index contributed by atoms with van der Waals surface area (Å²) in [7, 11) is -3.62. The zero-order valence-electron chi connectivity index (χ0n) is 16.5. The average molecular weight is 412 g/mol. The molecule has 0 aliphatic carbocycles. The third-order valence-electron chi connectivity index (χ3n) is 5.32. The molecule has 1 fully saturated rings. The van der Waals surface area contributed by atoms with Crippen LogP contribution >= 0.6 is 0 Å². The molecule has 0 unspecified atom stereocenters. The molecule has 3 rings (SSSR count). The highest BCUT2D eigenvalue weighted by Gasteiger charge is 2.24. The van der Waals surface area contributed by atoms with Crippen molar-refractivity contribution in [2.75, 3.05) is 19.6 Å². The van der Waals surface area contributed by atoms with Crippen molar-refractivity contribution in [1.82, 2.24) is 9.62 Å². The lowest BCUT2D eigenvalue weighted by molar-refractivity contribution is 0.0687. The zero-order chi connectivity index (χ0) is 20.9. The van der Waals surface area contributed by atoms with Crippen molar-refractivity contribution < 1.29 is 13.2 Å². The summed E-state index contributed by atoms with van der Waals surface area (Å²) in [5.74, 6) is 0.437. The third kappa shape index (κ3) is 5.43. The van der Waals surface area contributed by atoms with E-state index in [0.29, 0.717) is 36.7 Å². The second-order valence-electron chi connectivity index (χ2n) is 7.43. The molecule has 2 aromatic carbocycles. The molecule has 6 nitrogen and oxygen atoms in total. The Hall–Kier alpha value is -2.69. The highest BCUT2D eigenvalue weighted by atomic mass is 32.2. The molecule has 1 saturated heterocycles. The molecular formula is C22H25N3O3S. The summed E-state index contributed by atoms with van der Waals surface area (Å²) in [5.41, 5.74) is 2.15. The number of hydrogen-bond acceptors (Lipinski definition) is 4. The molecule has 0 atom stereocenters. The van der Waals surface area contributed by atoms with Crippen molar-refractivity contribution in [2.24, 2.45) is 5.92 Å². The molecule has 1 aliphatic heterocycles. The first-order valence-electron chi connectivity index (χ1n) is 9.75. The Kier molecular flexibility index (Phi) is 6.68. The van der Waals surface area contributed by atoms with Gasteiger partial charge in [0.2, 0.25) is 10.0 Å². The Balaban J connectivity index is 1.47. The Morgan fingerprint density at radius 2 is 1.86 bits per heavy atom. The summed E-state index contributed by atoms with van der Waals surface area (Å²) in [5, 5.41) is 8.93. The molecule has 2 aromatic rings. The maximum absolute atomic E-state index is 12.6. The van der Waals surface area contributed by atoms with Crippen molar-refractivity contribution in [3.8, 4) is 6.07 Å². The topological polar surface area (TPSA) is 90.3 Å². The van der Waals surface area contributed by atoms with Gasteiger partial charge >= 0.3 is 0 Å². The van der Waals surface area contributed by atoms with Gasteiger partial charge in [0.05, 0.1) is 16.5 Å². The van der Waals surface area contributed by atoms with Crippen LogP contribution in [0.4, 0.5) is 0 Å². The molecule has 0 saturated carbocycles. The minimum Gasteiger partial charge on any atom is -0.339 e. The number of likely N-dealkylation sites (tertiary alicyclic amines) is 1. The van der Waals surface area contributed by atoms with Gasteiger partial charge in [-0.3, -0.25) is 4.79 Å². The van der Waals surface area contributed by atoms with Gasteiger partial charge in [-0.25, -0.2) is 13.1 Å². The molecule has 1 heterocycles. The monoisotopic (exact) mass is 411 g/mol. The van der Waals surface area contributed by atoms with Gasteiger partial charge in [-0.2, -0.15) is 5.26 Å². The van der Waals surface area contributed by atoms with Crippen molar-refractivity contribution in [3.05, 3.63) is 65.2 Å². The zero-order valence-corrected chi connectivity index (χ0v) is 17.3. The SMILES string of the molecule is Cc1ccc(C(=O)N2CCC(CCNS(=O)(=O)c3cccc(C#N)c3)CC2)cc1. The standard InChI is InChI=1S/C22H25N3O3S/c1-17-5-7-20(8-6-17)22(26)25-13-10-18(11-14-25)9-12-24-29(27,28)21-4-2-3-19(15-21)16-23/h2-8,15,18,24H,9-14H2,1H3. The van der Waals surface area contributed by atoms with Gasteiger partial charge in [0.1, 0.15) is 0 Å². The van der Waals surface area contributed by atoms with Crippen LogP contribution in [0.2, 0.25) is 0 Å². The van der Waals surface area contributed by atoms with Crippen LogP contribution in [-0.2, 0) is 10.0 Å². The van der Waals surface area contributed by atoms with Crippen LogP contribution in [0.3, 0.4) is 0 Å². The number of carbonyl (C=O) groups excluding carboxylic acids is 1. The van der Waals surface area contributed by atoms with E-state index in [0.717, 1.165) is 24.8 Å². The summed E-state index contributed by atoms with van der Waals surface area (Å²) in [6.45, 7) is 3.71. The summed E-state index contributed by atoms with van der Waals surface area (Å²) < 4.78 is 27.4. The summed E-state index contributed by atoms with van der Waals surface area (Å²) in [6.07, 6.45) is 2.45. The molecule has 0 spiro atoms. The van der Waals surface area contributed by atoms with Crippen LogP contribution in [0.15, 0.2) is 53.4 Å². The van der Waals surface area contributed by atoms with Crippen LogP contribution in [0.25, 0.3) is 0 Å². The number of sulfonamides is 1. The van der Waals surface area contributed by atoms with Gasteiger partial charge in [-0.1, -0.05) is 23.8 Å². The Bertz CT molecular complexity index is 1000. The van der Waals surface area contributed by atoms with Gasteiger partial charge in [0.15, 0.2) is 0 Å². The van der Waals surface area contributed by atoms with Gasteiger partial charge in [0.25, 0.3) is 5.91 Å². The fraction of sp³-hybridized carbons (Fsp3) is 0.364. The van der Waals surface area contributed by atoms with E-state index in [-0.39, 0.29) is 10.8 Å². The van der Waals surface area contributed by atoms with E-state index in [2.05, 4.69) is 4.72 Å². The van der Waals surface area contributed by atoms with Crippen LogP contribution < -0.4 is 4.72 Å². The summed E-state index contributed by atoms with van der Waals surface area (Å²) in [4.78, 5) is 14.6. The van der Waals surface area contributed by atoms with Crippen molar-refractivity contribution in [2.45, 2.75) is 31.1 Å². The number of carbonyl (C=O) groups is 1. The smallest absolute Gasteiger partial charge is 0.253 e. The van der Waals surface area contributed by atoms with E-state index in [9.17, 15) is 13.2 Å². The Labute approximate surface area is 172 Å². The lowest BCUT2D eigenvalue weighted by Gasteiger charge is -2.32. The first kappa shape index (κ1) is 21.0. The normalized spacial score (nSPS) is 15.1. The number of nitrogens with zero attached hydrogens (tertiary/aromatic N) is 2. The number of aryl methyl sites for hydroxylation is 1. The van der Waals surface area contributed by atoms with Crippen molar-refractivity contribution >= 4 is 15.9 Å². The number of piperidine rings is 1. The molecule has 0 radical (unpaired) electrons. The fourth-order valence-electron chi connectivity index (χ4n) is 3.52. The molecular weight excluding hydrogens is 386 g/mol. The van der Waals surface area contributed by atoms with E-state index in [4.69, 9.17) is 5.26 Å². The molecule has 1 amide bonds. The van der Waals surface area contributed by atoms with Gasteiger partial charge < -0.3 is 4.90 Å². The lowest BCUT2D eigenvalue weighted by Crippen LogP contribution is -2.39. The van der Waals surface area contributed by atoms with Gasteiger partial charge in [-0.05, 0) is 62.4 Å². The fourth-order valence-corrected chi connectivity index (χ4v) is 4.61. The van der Waals surface area contributed by atoms with Gasteiger partial charge in [0, 0.05) is 25.2 Å². The van der Waals surface area contributed by atoms with E-state index in [1.54, 1.807) is 12.1 Å². The number of hydrogen-bond donors (Lipinski definition) is 1. The summed E-state index contributed by atoms with van der Waals surface area (Å²) >= 11 is 0. The minimum atomic E-state index is -3.62. The number of nitrogens with one attached hydrogen (secondary N) is 1. The number of rotatable bonds is 6. The van der Waals surface area contributed by atoms with Crippen molar-refractivity contribution in [1.29, 1.82) is 5.26 Å². The first-order valence-corrected chi connectivity index (χ1v) is 11.2. The third-order valence-corrected chi connectivity index (χ3v) is 6.78. The van der Waals surface area contributed by atoms with Gasteiger partial charge in [-0.15, -0.1) is 0 Å². The second-order valence-corrected chi connectivity index (χ2v) is 9.19. The number of amides is 1. The van der Waals surface area contributed by atoms with Crippen molar-refractivity contribution in [3.63, 3.8) is 0 Å². The quantitative estimate of drug-likeness (QED) is 0.791. The molecule has 0 aromatic heterocycles. The second kappa shape index (κ2) is 9.21. The largest absolute Gasteiger partial charge is 0.339 e. The minimum absolute atomic E-state index is 0.0570. The first-order chi connectivity index (χ1) is 13.9. The van der Waals surface area contributed by atoms with E-state index in [1.165, 1.54) is 12.1 Å². The van der Waals surface area contributed by atoms with Crippen LogP contribution in [0.1, 0.15) is 40.7 Å². The van der Waals surface area contributed by atoms with Crippen LogP contribution in [-0.4, -0.2) is 38.9 Å². The maximum Gasteiger partial charge on any atom is 0.253 e. The molecule has 7 heteroatoms. The molecule has 0 bridgehead atoms. The Morgan fingerprint density at radius 3 is 2.52 bits per heavy atom. The van der Waals surface area contributed by atoms with Crippen LogP contribution in [0, 0.1) is 24.2 Å². The highest BCUT2D eigenvalue weighted by molar-refractivity contribution is 7.89. The highest BCUT2D eigenvalue weighted by Crippen LogP contribution is 2.22. The van der Waals surface area contributed by atoms with E-state index >= 15 is 0 Å². The molecule has 29 heavy (non-hydrogen) atoms. The summed E-state index contributed by atoms with van der Waals surface area (Å²) in [6, 6.07) is 15.6. The molecule has 1 N–H and O–H groups in total. The number of nitriles is 1. The predicted octanol–water partition coefficient (Wildman–Crippen LogP) is 3.09. The maximum atomic E-state index is 12.6. The van der Waals surface area contributed by atoms with E-state index in [1.807, 2.05) is 42.2 Å². The van der Waals surface area contributed by atoms with E-state index < -0.39 is 10.0 Å². The molecule has 152 valence electrons.